The number of rotatable bonds is 9. The van der Waals surface area contributed by atoms with Crippen molar-refractivity contribution in [2.24, 2.45) is 5.92 Å². The van der Waals surface area contributed by atoms with Crippen molar-refractivity contribution in [2.75, 3.05) is 30.0 Å². The summed E-state index contributed by atoms with van der Waals surface area (Å²) >= 11 is 0. The van der Waals surface area contributed by atoms with E-state index < -0.39 is 24.4 Å². The SMILES string of the molecule is CCOc1ccccc1NC(=O)COC(=O)[C@@H]1CC(=O)N(c2ccc(Oc3ccc(C(C)(C)C)cc3)cc2)C1. The summed E-state index contributed by atoms with van der Waals surface area (Å²) in [4.78, 5) is 39.1. The van der Waals surface area contributed by atoms with Crippen LogP contribution in [0.3, 0.4) is 0 Å². The molecule has 8 nitrogen and oxygen atoms in total. The van der Waals surface area contributed by atoms with Crippen LogP contribution in [0.15, 0.2) is 72.8 Å². The monoisotopic (exact) mass is 530 g/mol. The van der Waals surface area contributed by atoms with Crippen LogP contribution in [0.5, 0.6) is 17.2 Å². The summed E-state index contributed by atoms with van der Waals surface area (Å²) in [5.41, 5.74) is 2.45. The fourth-order valence-corrected chi connectivity index (χ4v) is 4.26. The summed E-state index contributed by atoms with van der Waals surface area (Å²) < 4.78 is 16.7. The first-order chi connectivity index (χ1) is 18.6. The minimum Gasteiger partial charge on any atom is -0.492 e. The average Bonchev–Trinajstić information content (AvgIpc) is 3.30. The number of esters is 1. The zero-order valence-corrected chi connectivity index (χ0v) is 22.7. The number of hydrogen-bond acceptors (Lipinski definition) is 6. The third kappa shape index (κ3) is 7.16. The maximum absolute atomic E-state index is 12.7. The Hall–Kier alpha value is -4.33. The summed E-state index contributed by atoms with van der Waals surface area (Å²) in [6.45, 7) is 8.51. The van der Waals surface area contributed by atoms with Crippen molar-refractivity contribution in [1.82, 2.24) is 0 Å². The number of nitrogens with one attached hydrogen (secondary N) is 1. The first-order valence-corrected chi connectivity index (χ1v) is 13.0. The molecule has 1 heterocycles. The van der Waals surface area contributed by atoms with Gasteiger partial charge in [-0.15, -0.1) is 0 Å². The Kier molecular flexibility index (Phi) is 8.54. The molecular weight excluding hydrogens is 496 g/mol. The van der Waals surface area contributed by atoms with Gasteiger partial charge in [0, 0.05) is 18.7 Å². The highest BCUT2D eigenvalue weighted by Crippen LogP contribution is 2.30. The second-order valence-corrected chi connectivity index (χ2v) is 10.4. The standard InChI is InChI=1S/C31H34N2O6/c1-5-37-27-9-7-6-8-26(27)32-28(34)20-38-30(36)21-18-29(35)33(19-21)23-12-16-25(17-13-23)39-24-14-10-22(11-15-24)31(2,3)4/h6-17,21H,5,18-20H2,1-4H3,(H,32,34)/t21-/m1/s1. The lowest BCUT2D eigenvalue weighted by molar-refractivity contribution is -0.151. The number of anilines is 2. The van der Waals surface area contributed by atoms with E-state index in [4.69, 9.17) is 14.2 Å². The van der Waals surface area contributed by atoms with Crippen LogP contribution in [0.4, 0.5) is 11.4 Å². The molecule has 204 valence electrons. The van der Waals surface area contributed by atoms with E-state index in [9.17, 15) is 14.4 Å². The second kappa shape index (κ2) is 12.0. The highest BCUT2D eigenvalue weighted by Gasteiger charge is 2.36. The highest BCUT2D eigenvalue weighted by molar-refractivity contribution is 6.00. The second-order valence-electron chi connectivity index (χ2n) is 10.4. The van der Waals surface area contributed by atoms with Crippen LogP contribution in [0.1, 0.15) is 39.7 Å². The van der Waals surface area contributed by atoms with E-state index in [2.05, 4.69) is 38.2 Å². The molecular formula is C31H34N2O6. The predicted octanol–water partition coefficient (Wildman–Crippen LogP) is 5.71. The average molecular weight is 531 g/mol. The Labute approximate surface area is 228 Å². The Bertz CT molecular complexity index is 1310. The van der Waals surface area contributed by atoms with Crippen molar-refractivity contribution in [3.05, 3.63) is 78.4 Å². The molecule has 0 saturated carbocycles. The Morgan fingerprint density at radius 1 is 0.949 bits per heavy atom. The van der Waals surface area contributed by atoms with Gasteiger partial charge in [-0.2, -0.15) is 0 Å². The number of hydrogen-bond donors (Lipinski definition) is 1. The summed E-state index contributed by atoms with van der Waals surface area (Å²) in [5, 5.41) is 2.69. The van der Waals surface area contributed by atoms with Gasteiger partial charge < -0.3 is 24.4 Å². The maximum atomic E-state index is 12.7. The van der Waals surface area contributed by atoms with E-state index in [0.717, 1.165) is 5.75 Å². The van der Waals surface area contributed by atoms with Gasteiger partial charge in [0.05, 0.1) is 18.2 Å². The molecule has 0 aromatic heterocycles. The molecule has 0 unspecified atom stereocenters. The van der Waals surface area contributed by atoms with Crippen molar-refractivity contribution in [3.63, 3.8) is 0 Å². The molecule has 0 bridgehead atoms. The van der Waals surface area contributed by atoms with Crippen LogP contribution in [-0.4, -0.2) is 37.5 Å². The van der Waals surface area contributed by atoms with Crippen LogP contribution in [0.2, 0.25) is 0 Å². The first-order valence-electron chi connectivity index (χ1n) is 13.0. The molecule has 1 saturated heterocycles. The number of ether oxygens (including phenoxy) is 3. The highest BCUT2D eigenvalue weighted by atomic mass is 16.5. The smallest absolute Gasteiger partial charge is 0.311 e. The lowest BCUT2D eigenvalue weighted by Gasteiger charge is -2.19. The number of benzene rings is 3. The molecule has 0 aliphatic carbocycles. The zero-order valence-electron chi connectivity index (χ0n) is 22.7. The van der Waals surface area contributed by atoms with Gasteiger partial charge in [-0.3, -0.25) is 14.4 Å². The van der Waals surface area contributed by atoms with E-state index >= 15 is 0 Å². The number of carbonyl (C=O) groups excluding carboxylic acids is 3. The predicted molar refractivity (Wildman–Crippen MR) is 149 cm³/mol. The zero-order chi connectivity index (χ0) is 28.0. The largest absolute Gasteiger partial charge is 0.492 e. The number of para-hydroxylation sites is 2. The molecule has 4 rings (SSSR count). The third-order valence-corrected chi connectivity index (χ3v) is 6.37. The van der Waals surface area contributed by atoms with Crippen molar-refractivity contribution >= 4 is 29.2 Å². The van der Waals surface area contributed by atoms with Gasteiger partial charge >= 0.3 is 5.97 Å². The fourth-order valence-electron chi connectivity index (χ4n) is 4.26. The molecule has 1 N–H and O–H groups in total. The Morgan fingerprint density at radius 3 is 2.23 bits per heavy atom. The van der Waals surface area contributed by atoms with Gasteiger partial charge in [0.1, 0.15) is 17.2 Å². The molecule has 8 heteroatoms. The van der Waals surface area contributed by atoms with Crippen molar-refractivity contribution in [1.29, 1.82) is 0 Å². The van der Waals surface area contributed by atoms with Crippen LogP contribution in [0.25, 0.3) is 0 Å². The van der Waals surface area contributed by atoms with E-state index in [1.807, 2.05) is 19.1 Å². The molecule has 1 aliphatic rings. The van der Waals surface area contributed by atoms with Crippen molar-refractivity contribution < 1.29 is 28.6 Å². The van der Waals surface area contributed by atoms with Crippen LogP contribution < -0.4 is 19.7 Å². The summed E-state index contributed by atoms with van der Waals surface area (Å²) in [6, 6.07) is 22.1. The number of carbonyl (C=O) groups is 3. The molecule has 1 atom stereocenters. The van der Waals surface area contributed by atoms with Gasteiger partial charge in [0.25, 0.3) is 5.91 Å². The molecule has 3 aromatic carbocycles. The van der Waals surface area contributed by atoms with E-state index in [0.29, 0.717) is 29.5 Å². The van der Waals surface area contributed by atoms with E-state index in [1.165, 1.54) is 5.56 Å². The molecule has 39 heavy (non-hydrogen) atoms. The van der Waals surface area contributed by atoms with Crippen molar-refractivity contribution in [2.45, 2.75) is 39.5 Å². The lowest BCUT2D eigenvalue weighted by Crippen LogP contribution is -2.28. The van der Waals surface area contributed by atoms with Crippen LogP contribution in [0, 0.1) is 5.92 Å². The quantitative estimate of drug-likeness (QED) is 0.356. The fraction of sp³-hybridized carbons (Fsp3) is 0.323. The third-order valence-electron chi connectivity index (χ3n) is 6.37. The molecule has 1 fully saturated rings. The van der Waals surface area contributed by atoms with Gasteiger partial charge in [-0.05, 0) is 66.4 Å². The van der Waals surface area contributed by atoms with E-state index in [1.54, 1.807) is 53.4 Å². The topological polar surface area (TPSA) is 94.2 Å². The van der Waals surface area contributed by atoms with Gasteiger partial charge in [0.15, 0.2) is 6.61 Å². The minimum atomic E-state index is -0.654. The normalized spacial score (nSPS) is 15.1. The maximum Gasteiger partial charge on any atom is 0.311 e. The van der Waals surface area contributed by atoms with Gasteiger partial charge in [-0.25, -0.2) is 0 Å². The number of amides is 2. The Balaban J connectivity index is 1.29. The summed E-state index contributed by atoms with van der Waals surface area (Å²) in [7, 11) is 0. The molecule has 1 aliphatic heterocycles. The Morgan fingerprint density at radius 2 is 1.59 bits per heavy atom. The van der Waals surface area contributed by atoms with Gasteiger partial charge in [0.2, 0.25) is 5.91 Å². The van der Waals surface area contributed by atoms with E-state index in [-0.39, 0.29) is 24.3 Å². The molecule has 3 aromatic rings. The van der Waals surface area contributed by atoms with Crippen molar-refractivity contribution in [3.8, 4) is 17.2 Å². The minimum absolute atomic E-state index is 0.0198. The number of nitrogens with zero attached hydrogens (tertiary/aromatic N) is 1. The summed E-state index contributed by atoms with van der Waals surface area (Å²) in [6.07, 6.45) is 0.0198. The molecule has 2 amide bonds. The van der Waals surface area contributed by atoms with Gasteiger partial charge in [-0.1, -0.05) is 45.0 Å². The molecule has 0 spiro atoms. The first kappa shape index (κ1) is 27.7. The summed E-state index contributed by atoms with van der Waals surface area (Å²) in [5.74, 6) is -0.00982. The lowest BCUT2D eigenvalue weighted by atomic mass is 9.87. The van der Waals surface area contributed by atoms with Crippen LogP contribution >= 0.6 is 0 Å². The molecule has 0 radical (unpaired) electrons. The van der Waals surface area contributed by atoms with Crippen LogP contribution in [-0.2, 0) is 24.5 Å².